The van der Waals surface area contributed by atoms with Crippen LogP contribution < -0.4 is 10.2 Å². The molecule has 3 rings (SSSR count). The maximum absolute atomic E-state index is 13.7. The lowest BCUT2D eigenvalue weighted by atomic mass is 10.0. The van der Waals surface area contributed by atoms with Gasteiger partial charge in [0.25, 0.3) is 5.91 Å². The Morgan fingerprint density at radius 3 is 2.43 bits per heavy atom. The summed E-state index contributed by atoms with van der Waals surface area (Å²) in [5.74, 6) is -1.09. The Balaban J connectivity index is 1.65. The molecule has 0 spiro atoms. The van der Waals surface area contributed by atoms with E-state index in [2.05, 4.69) is 5.32 Å². The normalized spacial score (nSPS) is 15.2. The number of rotatable bonds is 3. The number of halogens is 4. The Morgan fingerprint density at radius 2 is 1.82 bits per heavy atom. The zero-order chi connectivity index (χ0) is 20.3. The number of nitrogens with zero attached hydrogens (tertiary/aromatic N) is 2. The molecule has 0 bridgehead atoms. The topological polar surface area (TPSA) is 56.1 Å². The van der Waals surface area contributed by atoms with Crippen LogP contribution in [-0.4, -0.2) is 25.0 Å². The molecule has 0 aliphatic carbocycles. The van der Waals surface area contributed by atoms with Gasteiger partial charge in [0, 0.05) is 19.1 Å². The fourth-order valence-electron chi connectivity index (χ4n) is 3.25. The number of anilines is 1. The van der Waals surface area contributed by atoms with Crippen LogP contribution in [0.1, 0.15) is 34.3 Å². The molecule has 28 heavy (non-hydrogen) atoms. The molecule has 4 nitrogen and oxygen atoms in total. The standard InChI is InChI=1S/C20H17F4N3O/c21-17-4-2-1-3-16(17)19(28)26-15-7-9-27(10-8-15)18-6-5-14(20(22,23)24)11-13(18)12-25/h1-6,11,15H,7-10H2,(H,26,28). The molecule has 1 heterocycles. The van der Waals surface area contributed by atoms with Crippen molar-refractivity contribution in [3.05, 3.63) is 65.0 Å². The number of benzene rings is 2. The second-order valence-electron chi connectivity index (χ2n) is 6.56. The van der Waals surface area contributed by atoms with Gasteiger partial charge in [-0.3, -0.25) is 4.79 Å². The molecule has 1 amide bonds. The number of nitrogens with one attached hydrogen (secondary N) is 1. The molecule has 0 radical (unpaired) electrons. The first-order valence-corrected chi connectivity index (χ1v) is 8.71. The molecule has 0 unspecified atom stereocenters. The van der Waals surface area contributed by atoms with Gasteiger partial charge in [-0.25, -0.2) is 4.39 Å². The molecule has 1 N–H and O–H groups in total. The molecule has 1 fully saturated rings. The Hall–Kier alpha value is -3.08. The van der Waals surface area contributed by atoms with Crippen molar-refractivity contribution in [1.29, 1.82) is 5.26 Å². The summed E-state index contributed by atoms with van der Waals surface area (Å²) in [5.41, 5.74) is -0.489. The molecule has 0 aromatic heterocycles. The largest absolute Gasteiger partial charge is 0.416 e. The van der Waals surface area contributed by atoms with E-state index in [-0.39, 0.29) is 17.2 Å². The van der Waals surface area contributed by atoms with Gasteiger partial charge < -0.3 is 10.2 Å². The van der Waals surface area contributed by atoms with E-state index in [1.165, 1.54) is 24.3 Å². The third-order valence-corrected chi connectivity index (χ3v) is 4.73. The second-order valence-corrected chi connectivity index (χ2v) is 6.56. The molecule has 2 aromatic rings. The number of amides is 1. The minimum absolute atomic E-state index is 0.0283. The van der Waals surface area contributed by atoms with Crippen molar-refractivity contribution in [1.82, 2.24) is 5.32 Å². The van der Waals surface area contributed by atoms with Gasteiger partial charge in [0.2, 0.25) is 0 Å². The van der Waals surface area contributed by atoms with Crippen LogP contribution in [0.5, 0.6) is 0 Å². The molecule has 1 aliphatic rings. The summed E-state index contributed by atoms with van der Waals surface area (Å²) in [7, 11) is 0. The molecule has 1 saturated heterocycles. The van der Waals surface area contributed by atoms with E-state index in [0.717, 1.165) is 12.1 Å². The van der Waals surface area contributed by atoms with Gasteiger partial charge in [0.05, 0.1) is 22.4 Å². The van der Waals surface area contributed by atoms with Crippen LogP contribution in [0.4, 0.5) is 23.2 Å². The van der Waals surface area contributed by atoms with Crippen molar-refractivity contribution in [3.8, 4) is 6.07 Å². The van der Waals surface area contributed by atoms with Crippen LogP contribution in [0.15, 0.2) is 42.5 Å². The first kappa shape index (κ1) is 19.7. The minimum atomic E-state index is -4.51. The van der Waals surface area contributed by atoms with Crippen LogP contribution in [0.2, 0.25) is 0 Å². The van der Waals surface area contributed by atoms with E-state index in [4.69, 9.17) is 0 Å². The van der Waals surface area contributed by atoms with Gasteiger partial charge in [0.1, 0.15) is 11.9 Å². The van der Waals surface area contributed by atoms with Crippen LogP contribution in [0.3, 0.4) is 0 Å². The number of alkyl halides is 3. The summed E-state index contributed by atoms with van der Waals surface area (Å²) in [4.78, 5) is 14.0. The van der Waals surface area contributed by atoms with Gasteiger partial charge in [0.15, 0.2) is 0 Å². The molecule has 146 valence electrons. The molecular formula is C20H17F4N3O. The van der Waals surface area contributed by atoms with Crippen molar-refractivity contribution in [2.24, 2.45) is 0 Å². The summed E-state index contributed by atoms with van der Waals surface area (Å²) in [6, 6.07) is 10.5. The van der Waals surface area contributed by atoms with Gasteiger partial charge in [-0.1, -0.05) is 12.1 Å². The van der Waals surface area contributed by atoms with Gasteiger partial charge in [-0.05, 0) is 43.2 Å². The van der Waals surface area contributed by atoms with Crippen molar-refractivity contribution in [2.75, 3.05) is 18.0 Å². The SMILES string of the molecule is N#Cc1cc(C(F)(F)F)ccc1N1CCC(NC(=O)c2ccccc2F)CC1. The average Bonchev–Trinajstić information content (AvgIpc) is 2.67. The third-order valence-electron chi connectivity index (χ3n) is 4.73. The predicted molar refractivity (Wildman–Crippen MR) is 95.3 cm³/mol. The van der Waals surface area contributed by atoms with Crippen molar-refractivity contribution >= 4 is 11.6 Å². The fourth-order valence-corrected chi connectivity index (χ4v) is 3.25. The highest BCUT2D eigenvalue weighted by Crippen LogP contribution is 2.33. The molecule has 8 heteroatoms. The number of hydrogen-bond acceptors (Lipinski definition) is 3. The van der Waals surface area contributed by atoms with Gasteiger partial charge in [-0.15, -0.1) is 0 Å². The number of hydrogen-bond donors (Lipinski definition) is 1. The summed E-state index contributed by atoms with van der Waals surface area (Å²) in [5, 5.41) is 12.0. The van der Waals surface area contributed by atoms with Crippen LogP contribution in [0.25, 0.3) is 0 Å². The van der Waals surface area contributed by atoms with E-state index in [0.29, 0.717) is 31.6 Å². The summed E-state index contributed by atoms with van der Waals surface area (Å²) < 4.78 is 52.2. The van der Waals surface area contributed by atoms with Gasteiger partial charge in [-0.2, -0.15) is 18.4 Å². The summed E-state index contributed by atoms with van der Waals surface area (Å²) in [6.07, 6.45) is -3.44. The average molecular weight is 391 g/mol. The van der Waals surface area contributed by atoms with E-state index in [1.807, 2.05) is 11.0 Å². The maximum atomic E-state index is 13.7. The predicted octanol–water partition coefficient (Wildman–Crippen LogP) is 4.11. The minimum Gasteiger partial charge on any atom is -0.370 e. The number of carbonyl (C=O) groups excluding carboxylic acids is 1. The lowest BCUT2D eigenvalue weighted by Crippen LogP contribution is -2.45. The molecular weight excluding hydrogens is 374 g/mol. The van der Waals surface area contributed by atoms with Crippen molar-refractivity contribution in [2.45, 2.75) is 25.1 Å². The monoisotopic (exact) mass is 391 g/mol. The Labute approximate surface area is 159 Å². The molecule has 1 aliphatic heterocycles. The van der Waals surface area contributed by atoms with E-state index < -0.39 is 23.5 Å². The first-order valence-electron chi connectivity index (χ1n) is 8.71. The summed E-state index contributed by atoms with van der Waals surface area (Å²) in [6.45, 7) is 0.921. The molecule has 0 atom stereocenters. The third kappa shape index (κ3) is 4.25. The Bertz CT molecular complexity index is 912. The summed E-state index contributed by atoms with van der Waals surface area (Å²) >= 11 is 0. The first-order chi connectivity index (χ1) is 13.3. The Morgan fingerprint density at radius 1 is 1.14 bits per heavy atom. The number of piperidine rings is 1. The smallest absolute Gasteiger partial charge is 0.370 e. The highest BCUT2D eigenvalue weighted by molar-refractivity contribution is 5.94. The van der Waals surface area contributed by atoms with Crippen molar-refractivity contribution in [3.63, 3.8) is 0 Å². The zero-order valence-electron chi connectivity index (χ0n) is 14.8. The lowest BCUT2D eigenvalue weighted by Gasteiger charge is -2.34. The highest BCUT2D eigenvalue weighted by Gasteiger charge is 2.32. The van der Waals surface area contributed by atoms with Gasteiger partial charge >= 0.3 is 6.18 Å². The van der Waals surface area contributed by atoms with Crippen molar-refractivity contribution < 1.29 is 22.4 Å². The van der Waals surface area contributed by atoms with E-state index >= 15 is 0 Å². The highest BCUT2D eigenvalue weighted by atomic mass is 19.4. The lowest BCUT2D eigenvalue weighted by molar-refractivity contribution is -0.137. The maximum Gasteiger partial charge on any atom is 0.416 e. The number of nitriles is 1. The fraction of sp³-hybridized carbons (Fsp3) is 0.300. The molecule has 0 saturated carbocycles. The molecule has 2 aromatic carbocycles. The van der Waals surface area contributed by atoms with Crippen LogP contribution in [0, 0.1) is 17.1 Å². The second kappa shape index (κ2) is 7.89. The van der Waals surface area contributed by atoms with Crippen LogP contribution in [-0.2, 0) is 6.18 Å². The van der Waals surface area contributed by atoms with Crippen LogP contribution >= 0.6 is 0 Å². The van der Waals surface area contributed by atoms with E-state index in [1.54, 1.807) is 6.07 Å². The van der Waals surface area contributed by atoms with E-state index in [9.17, 15) is 27.6 Å². The zero-order valence-corrected chi connectivity index (χ0v) is 14.8. The Kier molecular flexibility index (Phi) is 5.54. The quantitative estimate of drug-likeness (QED) is 0.801. The number of carbonyl (C=O) groups is 1.